The van der Waals surface area contributed by atoms with Gasteiger partial charge in [0.05, 0.1) is 0 Å². The Morgan fingerprint density at radius 3 is 2.07 bits per heavy atom. The molecule has 0 unspecified atom stereocenters. The van der Waals surface area contributed by atoms with Gasteiger partial charge >= 0.3 is 11.8 Å². The van der Waals surface area contributed by atoms with Crippen LogP contribution in [0.25, 0.3) is 0 Å². The van der Waals surface area contributed by atoms with E-state index in [0.29, 0.717) is 26.1 Å². The van der Waals surface area contributed by atoms with Crippen molar-refractivity contribution in [3.05, 3.63) is 0 Å². The lowest BCUT2D eigenvalue weighted by Gasteiger charge is -2.05. The Kier molecular flexibility index (Phi) is 8.76. The summed E-state index contributed by atoms with van der Waals surface area (Å²) >= 11 is 0. The van der Waals surface area contributed by atoms with Gasteiger partial charge in [0, 0.05) is 26.8 Å². The molecule has 0 rings (SSSR count). The molecule has 2 amide bonds. The average Bonchev–Trinajstić information content (AvgIpc) is 2.24. The maximum Gasteiger partial charge on any atom is 0.309 e. The van der Waals surface area contributed by atoms with Crippen molar-refractivity contribution in [1.29, 1.82) is 0 Å². The second-order valence-electron chi connectivity index (χ2n) is 3.21. The number of carbonyl (C=O) groups is 2. The van der Waals surface area contributed by atoms with Gasteiger partial charge in [-0.1, -0.05) is 13.3 Å². The highest BCUT2D eigenvalue weighted by Gasteiger charge is 2.10. The Morgan fingerprint density at radius 2 is 1.60 bits per heavy atom. The fourth-order valence-corrected chi connectivity index (χ4v) is 0.958. The topological polar surface area (TPSA) is 67.4 Å². The average molecular weight is 216 g/mol. The second kappa shape index (κ2) is 9.45. The highest BCUT2D eigenvalue weighted by molar-refractivity contribution is 6.35. The zero-order valence-corrected chi connectivity index (χ0v) is 9.47. The molecule has 0 saturated heterocycles. The Balaban J connectivity index is 3.47. The molecule has 2 N–H and O–H groups in total. The number of carbonyl (C=O) groups excluding carboxylic acids is 2. The van der Waals surface area contributed by atoms with Gasteiger partial charge in [0.25, 0.3) is 0 Å². The summed E-state index contributed by atoms with van der Waals surface area (Å²) in [5.41, 5.74) is 0. The summed E-state index contributed by atoms with van der Waals surface area (Å²) in [6.07, 6.45) is 2.60. The van der Waals surface area contributed by atoms with Gasteiger partial charge in [-0.05, 0) is 12.8 Å². The molecule has 0 aromatic carbocycles. The largest absolute Gasteiger partial charge is 0.385 e. The van der Waals surface area contributed by atoms with Gasteiger partial charge in [0.15, 0.2) is 0 Å². The third-order valence-corrected chi connectivity index (χ3v) is 1.83. The van der Waals surface area contributed by atoms with Crippen molar-refractivity contribution in [3.8, 4) is 0 Å². The number of ether oxygens (including phenoxy) is 1. The molecule has 15 heavy (non-hydrogen) atoms. The highest BCUT2D eigenvalue weighted by Crippen LogP contribution is 1.82. The van der Waals surface area contributed by atoms with Crippen molar-refractivity contribution >= 4 is 11.8 Å². The minimum absolute atomic E-state index is 0.466. The van der Waals surface area contributed by atoms with Crippen molar-refractivity contribution in [2.45, 2.75) is 26.2 Å². The third-order valence-electron chi connectivity index (χ3n) is 1.83. The fourth-order valence-electron chi connectivity index (χ4n) is 0.958. The Morgan fingerprint density at radius 1 is 1.07 bits per heavy atom. The van der Waals surface area contributed by atoms with Crippen molar-refractivity contribution in [3.63, 3.8) is 0 Å². The fraction of sp³-hybridized carbons (Fsp3) is 0.800. The molecule has 0 atom stereocenters. The van der Waals surface area contributed by atoms with Gasteiger partial charge in [-0.25, -0.2) is 0 Å². The van der Waals surface area contributed by atoms with Crippen LogP contribution in [-0.2, 0) is 14.3 Å². The molecule has 0 saturated carbocycles. The van der Waals surface area contributed by atoms with E-state index >= 15 is 0 Å². The number of hydrogen-bond donors (Lipinski definition) is 2. The van der Waals surface area contributed by atoms with Crippen LogP contribution in [0.3, 0.4) is 0 Å². The molecule has 5 nitrogen and oxygen atoms in total. The molecular weight excluding hydrogens is 196 g/mol. The third kappa shape index (κ3) is 7.93. The van der Waals surface area contributed by atoms with E-state index in [1.54, 1.807) is 7.11 Å². The van der Waals surface area contributed by atoms with Crippen LogP contribution in [0.1, 0.15) is 26.2 Å². The zero-order chi connectivity index (χ0) is 11.5. The predicted octanol–water partition coefficient (Wildman–Crippen LogP) is 0.0554. The first-order valence-electron chi connectivity index (χ1n) is 5.27. The molecule has 0 aliphatic rings. The van der Waals surface area contributed by atoms with Gasteiger partial charge in [-0.3, -0.25) is 9.59 Å². The normalized spacial score (nSPS) is 9.73. The van der Waals surface area contributed by atoms with Crippen LogP contribution in [0.4, 0.5) is 0 Å². The summed E-state index contributed by atoms with van der Waals surface area (Å²) in [6, 6.07) is 0. The molecule has 0 fully saturated rings. The van der Waals surface area contributed by atoms with E-state index in [1.807, 2.05) is 6.92 Å². The predicted molar refractivity (Wildman–Crippen MR) is 57.4 cm³/mol. The standard InChI is InChI=1S/C10H20N2O3/c1-3-4-6-11-9(13)10(14)12-7-5-8-15-2/h3-8H2,1-2H3,(H,11,13)(H,12,14). The molecule has 0 radical (unpaired) electrons. The minimum atomic E-state index is -0.567. The quantitative estimate of drug-likeness (QED) is 0.467. The molecule has 5 heteroatoms. The number of amides is 2. The summed E-state index contributed by atoms with van der Waals surface area (Å²) in [5, 5.41) is 5.06. The summed E-state index contributed by atoms with van der Waals surface area (Å²) in [5.74, 6) is -1.12. The zero-order valence-electron chi connectivity index (χ0n) is 9.47. The number of nitrogens with one attached hydrogen (secondary N) is 2. The van der Waals surface area contributed by atoms with Crippen LogP contribution in [-0.4, -0.2) is 38.6 Å². The van der Waals surface area contributed by atoms with Gasteiger partial charge in [-0.15, -0.1) is 0 Å². The summed E-state index contributed by atoms with van der Waals surface area (Å²) < 4.78 is 4.81. The SMILES string of the molecule is CCCCNC(=O)C(=O)NCCCOC. The molecule has 0 aromatic rings. The molecule has 0 spiro atoms. The molecule has 0 aliphatic heterocycles. The van der Waals surface area contributed by atoms with Gasteiger partial charge in [0.2, 0.25) is 0 Å². The Bertz CT molecular complexity index is 195. The van der Waals surface area contributed by atoms with E-state index < -0.39 is 11.8 Å². The molecule has 0 heterocycles. The van der Waals surface area contributed by atoms with E-state index in [-0.39, 0.29) is 0 Å². The van der Waals surface area contributed by atoms with E-state index in [2.05, 4.69) is 10.6 Å². The molecule has 0 bridgehead atoms. The Hall–Kier alpha value is -1.10. The second-order valence-corrected chi connectivity index (χ2v) is 3.21. The molecule has 0 aromatic heterocycles. The first-order valence-corrected chi connectivity index (χ1v) is 5.27. The van der Waals surface area contributed by atoms with Gasteiger partial charge < -0.3 is 15.4 Å². The van der Waals surface area contributed by atoms with Gasteiger partial charge in [0.1, 0.15) is 0 Å². The first kappa shape index (κ1) is 13.9. The van der Waals surface area contributed by atoms with Crippen molar-refractivity contribution in [2.75, 3.05) is 26.8 Å². The monoisotopic (exact) mass is 216 g/mol. The minimum Gasteiger partial charge on any atom is -0.385 e. The lowest BCUT2D eigenvalue weighted by atomic mass is 10.3. The molecule has 88 valence electrons. The van der Waals surface area contributed by atoms with Crippen molar-refractivity contribution in [2.24, 2.45) is 0 Å². The first-order chi connectivity index (χ1) is 7.22. The smallest absolute Gasteiger partial charge is 0.309 e. The maximum absolute atomic E-state index is 11.1. The molecule has 0 aliphatic carbocycles. The van der Waals surface area contributed by atoms with Crippen molar-refractivity contribution in [1.82, 2.24) is 10.6 Å². The van der Waals surface area contributed by atoms with E-state index in [4.69, 9.17) is 4.74 Å². The van der Waals surface area contributed by atoms with Crippen LogP contribution in [0.15, 0.2) is 0 Å². The lowest BCUT2D eigenvalue weighted by Crippen LogP contribution is -2.40. The number of hydrogen-bond acceptors (Lipinski definition) is 3. The maximum atomic E-state index is 11.1. The van der Waals surface area contributed by atoms with E-state index in [9.17, 15) is 9.59 Å². The summed E-state index contributed by atoms with van der Waals surface area (Å²) in [6.45, 7) is 3.63. The molecular formula is C10H20N2O3. The highest BCUT2D eigenvalue weighted by atomic mass is 16.5. The van der Waals surface area contributed by atoms with Crippen LogP contribution in [0, 0.1) is 0 Å². The van der Waals surface area contributed by atoms with Crippen LogP contribution < -0.4 is 10.6 Å². The van der Waals surface area contributed by atoms with Gasteiger partial charge in [-0.2, -0.15) is 0 Å². The van der Waals surface area contributed by atoms with E-state index in [1.165, 1.54) is 0 Å². The van der Waals surface area contributed by atoms with Crippen molar-refractivity contribution < 1.29 is 14.3 Å². The van der Waals surface area contributed by atoms with Crippen LogP contribution >= 0.6 is 0 Å². The van der Waals surface area contributed by atoms with Crippen LogP contribution in [0.5, 0.6) is 0 Å². The number of unbranched alkanes of at least 4 members (excludes halogenated alkanes) is 1. The van der Waals surface area contributed by atoms with E-state index in [0.717, 1.165) is 12.8 Å². The van der Waals surface area contributed by atoms with Crippen LogP contribution in [0.2, 0.25) is 0 Å². The lowest BCUT2D eigenvalue weighted by molar-refractivity contribution is -0.139. The number of methoxy groups -OCH3 is 1. The summed E-state index contributed by atoms with van der Waals surface area (Å²) in [7, 11) is 1.60. The number of rotatable bonds is 7. The Labute approximate surface area is 90.6 Å². The summed E-state index contributed by atoms with van der Waals surface area (Å²) in [4.78, 5) is 22.3.